The molecule has 7 heteroatoms. The van der Waals surface area contributed by atoms with E-state index in [-0.39, 0.29) is 29.5 Å². The quantitative estimate of drug-likeness (QED) is 0.850. The molecule has 22 heavy (non-hydrogen) atoms. The fraction of sp³-hybridized carbons (Fsp3) is 0.533. The number of nitrogens with zero attached hydrogens (tertiary/aromatic N) is 1. The highest BCUT2D eigenvalue weighted by molar-refractivity contribution is 7.91. The lowest BCUT2D eigenvalue weighted by molar-refractivity contribution is -0.683. The molecule has 1 aliphatic rings. The van der Waals surface area contributed by atoms with Crippen molar-refractivity contribution in [3.63, 3.8) is 0 Å². The van der Waals surface area contributed by atoms with Crippen LogP contribution in [-0.2, 0) is 14.6 Å². The van der Waals surface area contributed by atoms with Crippen LogP contribution in [0.1, 0.15) is 24.9 Å². The lowest BCUT2D eigenvalue weighted by Gasteiger charge is -2.23. The van der Waals surface area contributed by atoms with E-state index >= 15 is 0 Å². The number of carbonyl (C=O) groups excluding carboxylic acids is 1. The van der Waals surface area contributed by atoms with Gasteiger partial charge in [0.15, 0.2) is 16.4 Å². The van der Waals surface area contributed by atoms with Crippen molar-refractivity contribution in [2.75, 3.05) is 25.1 Å². The predicted molar refractivity (Wildman–Crippen MR) is 86.5 cm³/mol. The lowest BCUT2D eigenvalue weighted by Crippen LogP contribution is -2.87. The van der Waals surface area contributed by atoms with E-state index in [2.05, 4.69) is 0 Å². The zero-order valence-corrected chi connectivity index (χ0v) is 14.4. The predicted octanol–water partition coefficient (Wildman–Crippen LogP) is 0.610. The second-order valence-electron chi connectivity index (χ2n) is 5.84. The Kier molecular flexibility index (Phi) is 5.47. The number of halogens is 1. The van der Waals surface area contributed by atoms with Crippen LogP contribution < -0.4 is 5.32 Å². The van der Waals surface area contributed by atoms with Crippen molar-refractivity contribution >= 4 is 27.3 Å². The number of benzene rings is 1. The highest BCUT2D eigenvalue weighted by Crippen LogP contribution is 2.16. The van der Waals surface area contributed by atoms with E-state index in [0.29, 0.717) is 18.0 Å². The average molecular weight is 346 g/mol. The summed E-state index contributed by atoms with van der Waals surface area (Å²) in [5, 5.41) is 2.64. The van der Waals surface area contributed by atoms with Crippen LogP contribution in [0.25, 0.3) is 0 Å². The number of sulfone groups is 1. The first kappa shape index (κ1) is 17.2. The molecule has 0 spiro atoms. The van der Waals surface area contributed by atoms with Crippen LogP contribution in [0.4, 0.5) is 0 Å². The number of hydrogen-bond donors (Lipinski definition) is 1. The molecule has 1 amide bonds. The summed E-state index contributed by atoms with van der Waals surface area (Å²) >= 11 is 5.86. The first-order valence-electron chi connectivity index (χ1n) is 7.33. The van der Waals surface area contributed by atoms with Gasteiger partial charge in [-0.25, -0.2) is 8.42 Å². The third-order valence-corrected chi connectivity index (χ3v) is 6.19. The van der Waals surface area contributed by atoms with E-state index in [1.807, 2.05) is 36.5 Å². The first-order valence-corrected chi connectivity index (χ1v) is 9.53. The summed E-state index contributed by atoms with van der Waals surface area (Å²) in [6, 6.07) is 7.51. The van der Waals surface area contributed by atoms with E-state index in [1.54, 1.807) is 11.9 Å². The highest BCUT2D eigenvalue weighted by Gasteiger charge is 2.33. The largest absolute Gasteiger partial charge is 0.337 e. The van der Waals surface area contributed by atoms with Crippen molar-refractivity contribution in [3.05, 3.63) is 34.9 Å². The number of hydrogen-bond acceptors (Lipinski definition) is 3. The van der Waals surface area contributed by atoms with Gasteiger partial charge in [-0.1, -0.05) is 23.7 Å². The fourth-order valence-corrected chi connectivity index (χ4v) is 4.51. The SMILES string of the molecule is C[C@H]([NH2+]CC(=O)N(C)[C@@H]1CCS(=O)(=O)C1)c1ccc(Cl)cc1. The molecule has 0 bridgehead atoms. The Labute approximate surface area is 136 Å². The molecule has 122 valence electrons. The molecule has 1 aromatic carbocycles. The topological polar surface area (TPSA) is 71.1 Å². The Morgan fingerprint density at radius 3 is 2.59 bits per heavy atom. The van der Waals surface area contributed by atoms with Crippen LogP contribution in [0.15, 0.2) is 24.3 Å². The summed E-state index contributed by atoms with van der Waals surface area (Å²) in [6.45, 7) is 2.33. The molecule has 1 fully saturated rings. The van der Waals surface area contributed by atoms with Crippen LogP contribution in [0.2, 0.25) is 5.02 Å². The Bertz CT molecular complexity index is 631. The molecule has 1 saturated heterocycles. The van der Waals surface area contributed by atoms with Gasteiger partial charge in [-0.15, -0.1) is 0 Å². The molecule has 1 heterocycles. The molecule has 0 aliphatic carbocycles. The third-order valence-electron chi connectivity index (χ3n) is 4.19. The van der Waals surface area contributed by atoms with Gasteiger partial charge in [0.25, 0.3) is 5.91 Å². The fourth-order valence-electron chi connectivity index (χ4n) is 2.61. The van der Waals surface area contributed by atoms with Gasteiger partial charge in [-0.05, 0) is 25.5 Å². The van der Waals surface area contributed by atoms with Gasteiger partial charge < -0.3 is 10.2 Å². The van der Waals surface area contributed by atoms with Gasteiger partial charge in [0, 0.05) is 23.7 Å². The maximum Gasteiger partial charge on any atom is 0.277 e. The maximum atomic E-state index is 12.2. The van der Waals surface area contributed by atoms with Crippen LogP contribution in [0, 0.1) is 0 Å². The normalized spacial score (nSPS) is 21.5. The number of nitrogens with two attached hydrogens (primary N) is 1. The van der Waals surface area contributed by atoms with Crippen LogP contribution in [-0.4, -0.2) is 50.4 Å². The third kappa shape index (κ3) is 4.44. The van der Waals surface area contributed by atoms with Crippen molar-refractivity contribution in [3.8, 4) is 0 Å². The van der Waals surface area contributed by atoms with Crippen molar-refractivity contribution < 1.29 is 18.5 Å². The van der Waals surface area contributed by atoms with Gasteiger partial charge >= 0.3 is 0 Å². The zero-order valence-electron chi connectivity index (χ0n) is 12.8. The van der Waals surface area contributed by atoms with E-state index < -0.39 is 9.84 Å². The number of rotatable bonds is 5. The van der Waals surface area contributed by atoms with Crippen molar-refractivity contribution in [2.24, 2.45) is 0 Å². The van der Waals surface area contributed by atoms with Gasteiger partial charge in [0.05, 0.1) is 11.5 Å². The maximum absolute atomic E-state index is 12.2. The minimum atomic E-state index is -2.97. The van der Waals surface area contributed by atoms with Crippen LogP contribution >= 0.6 is 11.6 Å². The number of amides is 1. The van der Waals surface area contributed by atoms with Crippen molar-refractivity contribution in [2.45, 2.75) is 25.4 Å². The summed E-state index contributed by atoms with van der Waals surface area (Å²) in [5.41, 5.74) is 1.10. The molecule has 0 unspecified atom stereocenters. The van der Waals surface area contributed by atoms with E-state index in [1.165, 1.54) is 0 Å². The van der Waals surface area contributed by atoms with Crippen LogP contribution in [0.3, 0.4) is 0 Å². The van der Waals surface area contributed by atoms with Crippen molar-refractivity contribution in [1.82, 2.24) is 4.90 Å². The second kappa shape index (κ2) is 6.98. The molecule has 0 radical (unpaired) electrons. The lowest BCUT2D eigenvalue weighted by atomic mass is 10.1. The van der Waals surface area contributed by atoms with Gasteiger partial charge in [0.2, 0.25) is 0 Å². The highest BCUT2D eigenvalue weighted by atomic mass is 35.5. The summed E-state index contributed by atoms with van der Waals surface area (Å²) in [5.74, 6) is 0.227. The summed E-state index contributed by atoms with van der Waals surface area (Å²) in [6.07, 6.45) is 0.539. The Morgan fingerprint density at radius 1 is 1.41 bits per heavy atom. The standard InChI is InChI=1S/C15H21ClN2O3S/c1-11(12-3-5-13(16)6-4-12)17-9-15(19)18(2)14-7-8-22(20,21)10-14/h3-6,11,14,17H,7-10H2,1-2H3/p+1/t11-,14+/m0/s1. The second-order valence-corrected chi connectivity index (χ2v) is 8.51. The monoisotopic (exact) mass is 345 g/mol. The molecule has 5 nitrogen and oxygen atoms in total. The van der Waals surface area contributed by atoms with Gasteiger partial charge in [-0.3, -0.25) is 4.79 Å². The van der Waals surface area contributed by atoms with E-state index in [0.717, 1.165) is 5.56 Å². The molecule has 1 aromatic rings. The molecule has 1 aliphatic heterocycles. The molecule has 2 atom stereocenters. The Balaban J connectivity index is 1.85. The molecular formula is C15H22ClN2O3S+. The zero-order chi connectivity index (χ0) is 16.3. The number of likely N-dealkylation sites (N-methyl/N-ethyl adjacent to an activating group) is 1. The molecule has 0 aromatic heterocycles. The Hall–Kier alpha value is -1.11. The summed E-state index contributed by atoms with van der Waals surface area (Å²) < 4.78 is 23.0. The first-order chi connectivity index (χ1) is 10.3. The Morgan fingerprint density at radius 2 is 2.05 bits per heavy atom. The van der Waals surface area contributed by atoms with Crippen LogP contribution in [0.5, 0.6) is 0 Å². The van der Waals surface area contributed by atoms with E-state index in [9.17, 15) is 13.2 Å². The number of carbonyl (C=O) groups is 1. The summed E-state index contributed by atoms with van der Waals surface area (Å²) in [4.78, 5) is 13.8. The average Bonchev–Trinajstić information content (AvgIpc) is 2.84. The smallest absolute Gasteiger partial charge is 0.277 e. The molecule has 2 N–H and O–H groups in total. The minimum absolute atomic E-state index is 0.0390. The van der Waals surface area contributed by atoms with Crippen molar-refractivity contribution in [1.29, 1.82) is 0 Å². The molecule has 0 saturated carbocycles. The number of quaternary nitrogens is 1. The minimum Gasteiger partial charge on any atom is -0.337 e. The molecular weight excluding hydrogens is 324 g/mol. The molecule has 2 rings (SSSR count). The van der Waals surface area contributed by atoms with E-state index in [4.69, 9.17) is 11.6 Å². The summed E-state index contributed by atoms with van der Waals surface area (Å²) in [7, 11) is -1.28. The van der Waals surface area contributed by atoms with Gasteiger partial charge in [-0.2, -0.15) is 0 Å². The van der Waals surface area contributed by atoms with Gasteiger partial charge in [0.1, 0.15) is 6.04 Å².